The molecule has 0 radical (unpaired) electrons. The summed E-state index contributed by atoms with van der Waals surface area (Å²) in [6.45, 7) is 0. The minimum Gasteiger partial charge on any atom is -0.258 e. The summed E-state index contributed by atoms with van der Waals surface area (Å²) in [7, 11) is 0. The number of rotatable bonds is 5. The predicted octanol–water partition coefficient (Wildman–Crippen LogP) is 3.22. The first-order valence-corrected chi connectivity index (χ1v) is 7.44. The molecule has 8 heteroatoms. The smallest absolute Gasteiger partial charge is 0.258 e. The quantitative estimate of drug-likeness (QED) is 0.408. The second kappa shape index (κ2) is 6.84. The number of nitro groups is 1. The van der Waals surface area contributed by atoms with Crippen molar-refractivity contribution in [2.75, 3.05) is 0 Å². The number of hydrogen-bond donors (Lipinski definition) is 0. The van der Waals surface area contributed by atoms with Crippen LogP contribution in [-0.2, 0) is 0 Å². The largest absolute Gasteiger partial charge is 0.270 e. The third kappa shape index (κ3) is 3.80. The van der Waals surface area contributed by atoms with Crippen LogP contribution in [0.3, 0.4) is 0 Å². The van der Waals surface area contributed by atoms with Crippen molar-refractivity contribution in [3.8, 4) is 0 Å². The Bertz CT molecular complexity index is 834. The summed E-state index contributed by atoms with van der Waals surface area (Å²) in [4.78, 5) is 12.5. The highest BCUT2D eigenvalue weighted by Crippen LogP contribution is 2.31. The maximum absolute atomic E-state index is 11.0. The predicted molar refractivity (Wildman–Crippen MR) is 86.7 cm³/mol. The summed E-state index contributed by atoms with van der Waals surface area (Å²) in [6.07, 6.45) is 4.44. The van der Waals surface area contributed by atoms with E-state index in [2.05, 4.69) is 15.3 Å². The van der Waals surface area contributed by atoms with Crippen LogP contribution < -0.4 is 0 Å². The third-order valence-electron chi connectivity index (χ3n) is 2.91. The number of non-ortho nitro benzene ring substituents is 1. The fourth-order valence-corrected chi connectivity index (χ4v) is 2.76. The summed E-state index contributed by atoms with van der Waals surface area (Å²) in [5.74, 6) is 0. The van der Waals surface area contributed by atoms with Gasteiger partial charge in [-0.1, -0.05) is 30.0 Å². The van der Waals surface area contributed by atoms with Crippen molar-refractivity contribution in [2.24, 2.45) is 5.10 Å². The molecule has 0 atom stereocenters. The summed E-state index contributed by atoms with van der Waals surface area (Å²) < 4.78 is 1.43. The average Bonchev–Trinajstić information content (AvgIpc) is 3.08. The second-order valence-corrected chi connectivity index (χ2v) is 5.60. The Balaban J connectivity index is 1.95. The summed E-state index contributed by atoms with van der Waals surface area (Å²) in [6, 6.07) is 14.5. The van der Waals surface area contributed by atoms with Gasteiger partial charge in [-0.25, -0.2) is 4.68 Å². The molecule has 0 unspecified atom stereocenters. The molecule has 1 aromatic heterocycles. The van der Waals surface area contributed by atoms with Crippen LogP contribution in [0.2, 0.25) is 0 Å². The summed E-state index contributed by atoms with van der Waals surface area (Å²) in [5.41, 5.74) is 0.675. The van der Waals surface area contributed by atoms with Crippen molar-refractivity contribution < 1.29 is 4.92 Å². The monoisotopic (exact) mass is 325 g/mol. The first-order chi connectivity index (χ1) is 11.2. The number of nitro benzene ring substituents is 1. The van der Waals surface area contributed by atoms with Crippen LogP contribution in [0.4, 0.5) is 5.69 Å². The molecule has 0 fully saturated rings. The molecular weight excluding hydrogens is 314 g/mol. The Labute approximate surface area is 135 Å². The van der Waals surface area contributed by atoms with Gasteiger partial charge in [0.05, 0.1) is 11.1 Å². The van der Waals surface area contributed by atoms with Crippen LogP contribution in [0.25, 0.3) is 0 Å². The topological polar surface area (TPSA) is 86.2 Å². The fraction of sp³-hybridized carbons (Fsp3) is 0. The molecule has 2 aromatic carbocycles. The molecule has 0 saturated carbocycles. The van der Waals surface area contributed by atoms with Crippen molar-refractivity contribution in [2.45, 2.75) is 9.79 Å². The molecule has 0 N–H and O–H groups in total. The fourth-order valence-electron chi connectivity index (χ4n) is 1.84. The average molecular weight is 325 g/mol. The maximum atomic E-state index is 11.0. The molecule has 114 valence electrons. The van der Waals surface area contributed by atoms with E-state index in [1.807, 2.05) is 30.3 Å². The second-order valence-electron chi connectivity index (χ2n) is 4.48. The molecule has 1 heterocycles. The van der Waals surface area contributed by atoms with Crippen molar-refractivity contribution in [3.05, 3.63) is 76.9 Å². The zero-order valence-corrected chi connectivity index (χ0v) is 12.6. The highest BCUT2D eigenvalue weighted by molar-refractivity contribution is 7.99. The normalized spacial score (nSPS) is 11.0. The van der Waals surface area contributed by atoms with Gasteiger partial charge in [-0.2, -0.15) is 5.10 Å². The number of nitrogens with zero attached hydrogens (tertiary/aromatic N) is 5. The first kappa shape index (κ1) is 14.9. The van der Waals surface area contributed by atoms with E-state index in [9.17, 15) is 10.1 Å². The molecule has 0 spiro atoms. The van der Waals surface area contributed by atoms with E-state index in [1.54, 1.807) is 12.3 Å². The third-order valence-corrected chi connectivity index (χ3v) is 4.01. The van der Waals surface area contributed by atoms with Crippen LogP contribution in [-0.4, -0.2) is 26.0 Å². The van der Waals surface area contributed by atoms with Gasteiger partial charge in [-0.05, 0) is 18.2 Å². The van der Waals surface area contributed by atoms with Crippen LogP contribution in [0.15, 0.2) is 76.1 Å². The van der Waals surface area contributed by atoms with Crippen molar-refractivity contribution in [1.82, 2.24) is 14.9 Å². The Morgan fingerprint density at radius 2 is 1.87 bits per heavy atom. The molecule has 3 rings (SSSR count). The molecule has 0 aliphatic rings. The van der Waals surface area contributed by atoms with Crippen LogP contribution in [0, 0.1) is 10.1 Å². The van der Waals surface area contributed by atoms with Crippen molar-refractivity contribution >= 4 is 23.7 Å². The van der Waals surface area contributed by atoms with E-state index in [0.29, 0.717) is 5.56 Å². The Hall–Kier alpha value is -3.00. The Morgan fingerprint density at radius 1 is 1.13 bits per heavy atom. The van der Waals surface area contributed by atoms with E-state index in [-0.39, 0.29) is 5.69 Å². The molecular formula is C15H11N5O2S. The van der Waals surface area contributed by atoms with Gasteiger partial charge in [-0.15, -0.1) is 10.2 Å². The van der Waals surface area contributed by atoms with E-state index >= 15 is 0 Å². The van der Waals surface area contributed by atoms with Gasteiger partial charge in [0, 0.05) is 27.5 Å². The highest BCUT2D eigenvalue weighted by atomic mass is 32.2. The van der Waals surface area contributed by atoms with Crippen molar-refractivity contribution in [1.29, 1.82) is 0 Å². The zero-order chi connectivity index (χ0) is 16.1. The van der Waals surface area contributed by atoms with E-state index < -0.39 is 4.92 Å². The van der Waals surface area contributed by atoms with Gasteiger partial charge in [0.2, 0.25) is 0 Å². The molecule has 7 nitrogen and oxygen atoms in total. The minimum absolute atomic E-state index is 0.0209. The van der Waals surface area contributed by atoms with Gasteiger partial charge in [0.1, 0.15) is 12.7 Å². The van der Waals surface area contributed by atoms with Gasteiger partial charge in [0.25, 0.3) is 5.69 Å². The molecule has 0 amide bonds. The standard InChI is InChI=1S/C15H11N5O2S/c21-20(22)13-6-7-15(23-14-4-2-1-3-5-14)12(8-13)9-18-19-10-16-17-11-19/h1-11H/b18-9+. The maximum Gasteiger partial charge on any atom is 0.270 e. The van der Waals surface area contributed by atoms with E-state index in [0.717, 1.165) is 9.79 Å². The number of hydrogen-bond acceptors (Lipinski definition) is 6. The van der Waals surface area contributed by atoms with Crippen LogP contribution >= 0.6 is 11.8 Å². The SMILES string of the molecule is O=[N+]([O-])c1ccc(Sc2ccccc2)c(/C=N/n2cnnc2)c1. The Kier molecular flexibility index (Phi) is 4.44. The molecule has 0 aliphatic carbocycles. The lowest BCUT2D eigenvalue weighted by Gasteiger charge is -2.05. The van der Waals surface area contributed by atoms with Crippen LogP contribution in [0.5, 0.6) is 0 Å². The first-order valence-electron chi connectivity index (χ1n) is 6.63. The van der Waals surface area contributed by atoms with Crippen molar-refractivity contribution in [3.63, 3.8) is 0 Å². The lowest BCUT2D eigenvalue weighted by molar-refractivity contribution is -0.384. The molecule has 3 aromatic rings. The van der Waals surface area contributed by atoms with Gasteiger partial charge < -0.3 is 0 Å². The Morgan fingerprint density at radius 3 is 2.57 bits per heavy atom. The van der Waals surface area contributed by atoms with Gasteiger partial charge >= 0.3 is 0 Å². The highest BCUT2D eigenvalue weighted by Gasteiger charge is 2.11. The van der Waals surface area contributed by atoms with Gasteiger partial charge in [0.15, 0.2) is 0 Å². The van der Waals surface area contributed by atoms with E-state index in [4.69, 9.17) is 0 Å². The molecule has 0 bridgehead atoms. The van der Waals surface area contributed by atoms with E-state index in [1.165, 1.54) is 41.2 Å². The van der Waals surface area contributed by atoms with Crippen LogP contribution in [0.1, 0.15) is 5.56 Å². The molecule has 0 aliphatic heterocycles. The molecule has 0 saturated heterocycles. The lowest BCUT2D eigenvalue weighted by atomic mass is 10.2. The summed E-state index contributed by atoms with van der Waals surface area (Å²) in [5, 5.41) is 22.5. The lowest BCUT2D eigenvalue weighted by Crippen LogP contribution is -1.94. The minimum atomic E-state index is -0.424. The zero-order valence-electron chi connectivity index (χ0n) is 11.8. The molecule has 23 heavy (non-hydrogen) atoms. The summed E-state index contributed by atoms with van der Waals surface area (Å²) >= 11 is 1.52. The number of benzene rings is 2. The number of aromatic nitrogens is 3. The van der Waals surface area contributed by atoms with Gasteiger partial charge in [-0.3, -0.25) is 10.1 Å².